The topological polar surface area (TPSA) is 87.8 Å². The second-order valence-electron chi connectivity index (χ2n) is 6.64. The third kappa shape index (κ3) is 2.91. The van der Waals surface area contributed by atoms with Gasteiger partial charge in [0, 0.05) is 51.9 Å². The smallest absolute Gasteiger partial charge is 0.408 e. The van der Waals surface area contributed by atoms with Crippen LogP contribution in [0, 0.1) is 0 Å². The molecule has 1 atom stereocenters. The fraction of sp³-hybridized carbons (Fsp3) is 0.562. The molecule has 1 unspecified atom stereocenters. The van der Waals surface area contributed by atoms with Crippen LogP contribution in [0.5, 0.6) is 0 Å². The lowest BCUT2D eigenvalue weighted by Crippen LogP contribution is -2.52. The van der Waals surface area contributed by atoms with E-state index in [1.165, 1.54) is 14.9 Å². The van der Waals surface area contributed by atoms with Crippen LogP contribution in [-0.2, 0) is 17.1 Å². The van der Waals surface area contributed by atoms with Crippen LogP contribution >= 0.6 is 0 Å². The average Bonchev–Trinajstić information content (AvgIpc) is 3.24. The highest BCUT2D eigenvalue weighted by atomic mass is 32.2. The molecule has 2 aliphatic heterocycles. The minimum atomic E-state index is -3.58. The monoisotopic (exact) mass is 366 g/mol. The van der Waals surface area contributed by atoms with Crippen molar-refractivity contribution in [1.29, 1.82) is 0 Å². The first-order chi connectivity index (χ1) is 12.0. The number of oxazole rings is 1. The Bertz CT molecular complexity index is 935. The van der Waals surface area contributed by atoms with E-state index >= 15 is 0 Å². The fourth-order valence-corrected chi connectivity index (χ4v) is 5.12. The third-order valence-corrected chi connectivity index (χ3v) is 7.12. The van der Waals surface area contributed by atoms with Gasteiger partial charge in [0.1, 0.15) is 0 Å². The van der Waals surface area contributed by atoms with Crippen molar-refractivity contribution < 1.29 is 12.8 Å². The number of piperazine rings is 1. The predicted octanol–water partition coefficient (Wildman–Crippen LogP) is -0.200. The van der Waals surface area contributed by atoms with Gasteiger partial charge in [-0.15, -0.1) is 0 Å². The minimum Gasteiger partial charge on any atom is -0.408 e. The zero-order valence-electron chi connectivity index (χ0n) is 14.1. The van der Waals surface area contributed by atoms with E-state index in [4.69, 9.17) is 4.42 Å². The first-order valence-electron chi connectivity index (χ1n) is 8.51. The van der Waals surface area contributed by atoms with Gasteiger partial charge in [-0.05, 0) is 25.1 Å². The Kier molecular flexibility index (Phi) is 4.19. The molecule has 0 radical (unpaired) electrons. The molecule has 1 aromatic heterocycles. The Morgan fingerprint density at radius 3 is 2.64 bits per heavy atom. The van der Waals surface area contributed by atoms with E-state index in [1.807, 2.05) is 0 Å². The van der Waals surface area contributed by atoms with Crippen LogP contribution in [0.2, 0.25) is 0 Å². The fourth-order valence-electron chi connectivity index (χ4n) is 3.68. The van der Waals surface area contributed by atoms with Crippen molar-refractivity contribution in [2.45, 2.75) is 17.4 Å². The summed E-state index contributed by atoms with van der Waals surface area (Å²) in [6.45, 7) is 4.47. The normalized spacial score (nSPS) is 23.5. The van der Waals surface area contributed by atoms with E-state index in [9.17, 15) is 13.2 Å². The molecule has 2 aliphatic rings. The molecule has 1 N–H and O–H groups in total. The van der Waals surface area contributed by atoms with Crippen molar-refractivity contribution >= 4 is 21.1 Å². The molecule has 0 saturated carbocycles. The number of nitrogens with one attached hydrogen (secondary N) is 1. The van der Waals surface area contributed by atoms with Crippen LogP contribution in [0.25, 0.3) is 11.1 Å². The molecule has 0 aliphatic carbocycles. The molecule has 1 aromatic carbocycles. The van der Waals surface area contributed by atoms with Gasteiger partial charge >= 0.3 is 5.76 Å². The van der Waals surface area contributed by atoms with Gasteiger partial charge in [0.15, 0.2) is 5.58 Å². The maximum atomic E-state index is 12.9. The SMILES string of the molecule is Cn1c(=O)oc2cc(S(=O)(=O)N3CCN(C4CCNC4)CC3)ccc21. The highest BCUT2D eigenvalue weighted by molar-refractivity contribution is 7.89. The summed E-state index contributed by atoms with van der Waals surface area (Å²) in [6.07, 6.45) is 1.12. The number of hydrogen-bond acceptors (Lipinski definition) is 6. The van der Waals surface area contributed by atoms with Crippen molar-refractivity contribution in [2.24, 2.45) is 7.05 Å². The number of benzene rings is 1. The summed E-state index contributed by atoms with van der Waals surface area (Å²) in [5.41, 5.74) is 0.881. The van der Waals surface area contributed by atoms with Crippen molar-refractivity contribution in [3.05, 3.63) is 28.7 Å². The second kappa shape index (κ2) is 6.24. The summed E-state index contributed by atoms with van der Waals surface area (Å²) < 4.78 is 33.8. The Morgan fingerprint density at radius 2 is 1.96 bits per heavy atom. The quantitative estimate of drug-likeness (QED) is 0.809. The van der Waals surface area contributed by atoms with E-state index in [0.29, 0.717) is 30.2 Å². The number of sulfonamides is 1. The number of rotatable bonds is 3. The zero-order chi connectivity index (χ0) is 17.6. The molecule has 8 nitrogen and oxygen atoms in total. The van der Waals surface area contributed by atoms with Crippen molar-refractivity contribution in [3.63, 3.8) is 0 Å². The van der Waals surface area contributed by atoms with E-state index in [0.717, 1.165) is 32.6 Å². The predicted molar refractivity (Wildman–Crippen MR) is 93.1 cm³/mol. The minimum absolute atomic E-state index is 0.172. The highest BCUT2D eigenvalue weighted by Crippen LogP contribution is 2.23. The van der Waals surface area contributed by atoms with Crippen LogP contribution in [0.15, 0.2) is 32.3 Å². The molecular formula is C16H22N4O4S. The van der Waals surface area contributed by atoms with Crippen LogP contribution in [-0.4, -0.2) is 67.5 Å². The van der Waals surface area contributed by atoms with Gasteiger partial charge in [-0.1, -0.05) is 0 Å². The lowest BCUT2D eigenvalue weighted by Gasteiger charge is -2.37. The summed E-state index contributed by atoms with van der Waals surface area (Å²) in [7, 11) is -1.99. The standard InChI is InChI=1S/C16H22N4O4S/c1-18-14-3-2-13(10-15(14)24-16(18)21)25(22,23)20-8-6-19(7-9-20)12-4-5-17-11-12/h2-3,10,12,17H,4-9,11H2,1H3. The van der Waals surface area contributed by atoms with Gasteiger partial charge in [0.05, 0.1) is 10.4 Å². The van der Waals surface area contributed by atoms with Crippen molar-refractivity contribution in [1.82, 2.24) is 19.1 Å². The molecule has 2 saturated heterocycles. The molecule has 2 fully saturated rings. The summed E-state index contributed by atoms with van der Waals surface area (Å²) in [5.74, 6) is -0.497. The Hall–Kier alpha value is -1.68. The van der Waals surface area contributed by atoms with E-state index in [1.54, 1.807) is 19.2 Å². The number of aromatic nitrogens is 1. The molecule has 0 amide bonds. The van der Waals surface area contributed by atoms with E-state index < -0.39 is 15.8 Å². The summed E-state index contributed by atoms with van der Waals surface area (Å²) in [4.78, 5) is 14.1. The van der Waals surface area contributed by atoms with Crippen molar-refractivity contribution in [2.75, 3.05) is 39.3 Å². The Morgan fingerprint density at radius 1 is 1.20 bits per heavy atom. The first-order valence-corrected chi connectivity index (χ1v) is 9.95. The van der Waals surface area contributed by atoms with Gasteiger partial charge in [-0.3, -0.25) is 9.47 Å². The Balaban J connectivity index is 1.54. The van der Waals surface area contributed by atoms with Gasteiger partial charge in [0.25, 0.3) is 0 Å². The maximum Gasteiger partial charge on any atom is 0.419 e. The Labute approximate surface area is 146 Å². The summed E-state index contributed by atoms with van der Waals surface area (Å²) in [6, 6.07) is 5.12. The zero-order valence-corrected chi connectivity index (χ0v) is 15.0. The maximum absolute atomic E-state index is 12.9. The molecule has 2 aromatic rings. The van der Waals surface area contributed by atoms with Gasteiger partial charge in [-0.25, -0.2) is 13.2 Å². The van der Waals surface area contributed by atoms with E-state index in [-0.39, 0.29) is 4.90 Å². The van der Waals surface area contributed by atoms with Crippen molar-refractivity contribution in [3.8, 4) is 0 Å². The number of hydrogen-bond donors (Lipinski definition) is 1. The molecular weight excluding hydrogens is 344 g/mol. The van der Waals surface area contributed by atoms with Crippen LogP contribution in [0.1, 0.15) is 6.42 Å². The second-order valence-corrected chi connectivity index (χ2v) is 8.58. The number of fused-ring (bicyclic) bond motifs is 1. The molecule has 0 spiro atoms. The average molecular weight is 366 g/mol. The molecule has 3 heterocycles. The van der Waals surface area contributed by atoms with E-state index in [2.05, 4.69) is 10.2 Å². The van der Waals surface area contributed by atoms with Crippen LogP contribution < -0.4 is 11.1 Å². The van der Waals surface area contributed by atoms with Gasteiger partial charge in [-0.2, -0.15) is 4.31 Å². The third-order valence-electron chi connectivity index (χ3n) is 5.23. The molecule has 25 heavy (non-hydrogen) atoms. The molecule has 4 rings (SSSR count). The van der Waals surface area contributed by atoms with Gasteiger partial charge in [0.2, 0.25) is 10.0 Å². The van der Waals surface area contributed by atoms with Crippen LogP contribution in [0.4, 0.5) is 0 Å². The first kappa shape index (κ1) is 16.8. The van der Waals surface area contributed by atoms with Crippen LogP contribution in [0.3, 0.4) is 0 Å². The lowest BCUT2D eigenvalue weighted by atomic mass is 10.2. The summed E-state index contributed by atoms with van der Waals surface area (Å²) >= 11 is 0. The largest absolute Gasteiger partial charge is 0.419 e. The molecule has 0 bridgehead atoms. The lowest BCUT2D eigenvalue weighted by molar-refractivity contribution is 0.145. The van der Waals surface area contributed by atoms with Gasteiger partial charge < -0.3 is 9.73 Å². The summed E-state index contributed by atoms with van der Waals surface area (Å²) in [5, 5.41) is 3.35. The number of aryl methyl sites for hydroxylation is 1. The molecule has 9 heteroatoms. The number of nitrogens with zero attached hydrogens (tertiary/aromatic N) is 3. The highest BCUT2D eigenvalue weighted by Gasteiger charge is 2.32. The molecule has 136 valence electrons.